The normalized spacial score (nSPS) is 13.3. The molecule has 1 rings (SSSR count). The van der Waals surface area contributed by atoms with Crippen LogP contribution in [0.25, 0.3) is 0 Å². The Labute approximate surface area is 109 Å². The Kier molecular flexibility index (Phi) is 4.63. The maximum absolute atomic E-state index is 11.8. The number of nitrogens with two attached hydrogens (primary N) is 1. The Morgan fingerprint density at radius 3 is 2.67 bits per heavy atom. The van der Waals surface area contributed by atoms with Crippen molar-refractivity contribution in [3.05, 3.63) is 33.3 Å². The molecule has 0 amide bonds. The van der Waals surface area contributed by atoms with Gasteiger partial charge < -0.3 is 5.73 Å². The zero-order valence-corrected chi connectivity index (χ0v) is 11.0. The minimum Gasteiger partial charge on any atom is -0.327 e. The lowest BCUT2D eigenvalue weighted by atomic mass is 10.3. The van der Waals surface area contributed by atoms with Gasteiger partial charge in [0.1, 0.15) is 5.02 Å². The lowest BCUT2D eigenvalue weighted by Gasteiger charge is -2.08. The quantitative estimate of drug-likeness (QED) is 0.617. The Hall–Kier alpha value is -1.22. The van der Waals surface area contributed by atoms with Crippen molar-refractivity contribution in [2.45, 2.75) is 17.9 Å². The van der Waals surface area contributed by atoms with Crippen molar-refractivity contribution in [2.24, 2.45) is 5.73 Å². The average Bonchev–Trinajstić information content (AvgIpc) is 2.26. The number of sulfonamides is 1. The molecule has 100 valence electrons. The van der Waals surface area contributed by atoms with E-state index >= 15 is 0 Å². The van der Waals surface area contributed by atoms with E-state index < -0.39 is 20.6 Å². The predicted molar refractivity (Wildman–Crippen MR) is 66.9 cm³/mol. The maximum atomic E-state index is 11.8. The summed E-state index contributed by atoms with van der Waals surface area (Å²) in [4.78, 5) is 9.69. The van der Waals surface area contributed by atoms with Crippen LogP contribution in [0.15, 0.2) is 23.1 Å². The molecule has 0 saturated carbocycles. The van der Waals surface area contributed by atoms with E-state index in [1.54, 1.807) is 6.92 Å². The van der Waals surface area contributed by atoms with Crippen LogP contribution in [0, 0.1) is 10.1 Å². The summed E-state index contributed by atoms with van der Waals surface area (Å²) in [5.74, 6) is 0. The van der Waals surface area contributed by atoms with Gasteiger partial charge in [0, 0.05) is 18.7 Å². The van der Waals surface area contributed by atoms with E-state index in [0.29, 0.717) is 0 Å². The van der Waals surface area contributed by atoms with E-state index in [2.05, 4.69) is 4.72 Å². The standard InChI is InChI=1S/C9H12ClN3O4S/c1-6(11)5-12-18(16,17)7-2-3-8(10)9(4-7)13(14)15/h2-4,6,12H,5,11H2,1H3. The molecule has 0 bridgehead atoms. The SMILES string of the molecule is CC(N)CNS(=O)(=O)c1ccc(Cl)c([N+](=O)[O-])c1. The third-order valence-electron chi connectivity index (χ3n) is 2.02. The molecule has 0 aliphatic heterocycles. The summed E-state index contributed by atoms with van der Waals surface area (Å²) in [7, 11) is -3.82. The van der Waals surface area contributed by atoms with Gasteiger partial charge in [0.25, 0.3) is 5.69 Å². The van der Waals surface area contributed by atoms with Crippen LogP contribution in [-0.2, 0) is 10.0 Å². The monoisotopic (exact) mass is 293 g/mol. The first-order chi connectivity index (χ1) is 8.24. The minimum atomic E-state index is -3.82. The van der Waals surface area contributed by atoms with E-state index in [0.717, 1.165) is 6.07 Å². The van der Waals surface area contributed by atoms with Crippen LogP contribution >= 0.6 is 11.6 Å². The molecule has 0 aliphatic rings. The van der Waals surface area contributed by atoms with E-state index in [-0.39, 0.29) is 22.5 Å². The molecule has 0 aliphatic carbocycles. The Morgan fingerprint density at radius 1 is 1.56 bits per heavy atom. The molecule has 1 atom stereocenters. The molecule has 3 N–H and O–H groups in total. The zero-order chi connectivity index (χ0) is 13.9. The van der Waals surface area contributed by atoms with Gasteiger partial charge in [-0.3, -0.25) is 10.1 Å². The van der Waals surface area contributed by atoms with Gasteiger partial charge in [0.15, 0.2) is 0 Å². The van der Waals surface area contributed by atoms with Gasteiger partial charge in [-0.15, -0.1) is 0 Å². The Morgan fingerprint density at radius 2 is 2.17 bits per heavy atom. The summed E-state index contributed by atoms with van der Waals surface area (Å²) in [6, 6.07) is 2.91. The first-order valence-electron chi connectivity index (χ1n) is 4.93. The smallest absolute Gasteiger partial charge is 0.289 e. The number of hydrogen-bond acceptors (Lipinski definition) is 5. The topological polar surface area (TPSA) is 115 Å². The van der Waals surface area contributed by atoms with Crippen molar-refractivity contribution in [3.8, 4) is 0 Å². The van der Waals surface area contributed by atoms with E-state index in [1.165, 1.54) is 12.1 Å². The third-order valence-corrected chi connectivity index (χ3v) is 3.76. The lowest BCUT2D eigenvalue weighted by Crippen LogP contribution is -2.35. The van der Waals surface area contributed by atoms with Crippen molar-refractivity contribution in [1.82, 2.24) is 4.72 Å². The molecular weight excluding hydrogens is 282 g/mol. The fourth-order valence-electron chi connectivity index (χ4n) is 1.12. The molecule has 7 nitrogen and oxygen atoms in total. The zero-order valence-electron chi connectivity index (χ0n) is 9.46. The van der Waals surface area contributed by atoms with Gasteiger partial charge in [-0.1, -0.05) is 11.6 Å². The predicted octanol–water partition coefficient (Wildman–Crippen LogP) is 0.874. The third kappa shape index (κ3) is 3.64. The van der Waals surface area contributed by atoms with Crippen LogP contribution in [-0.4, -0.2) is 25.9 Å². The van der Waals surface area contributed by atoms with Gasteiger partial charge >= 0.3 is 0 Å². The lowest BCUT2D eigenvalue weighted by molar-refractivity contribution is -0.384. The summed E-state index contributed by atoms with van der Waals surface area (Å²) in [6.07, 6.45) is 0. The van der Waals surface area contributed by atoms with Crippen LogP contribution in [0.4, 0.5) is 5.69 Å². The number of nitrogens with zero attached hydrogens (tertiary/aromatic N) is 1. The number of nitrogens with one attached hydrogen (secondary N) is 1. The number of nitro benzene ring substituents is 1. The molecule has 0 spiro atoms. The molecule has 0 aromatic heterocycles. The largest absolute Gasteiger partial charge is 0.327 e. The summed E-state index contributed by atoms with van der Waals surface area (Å²) in [5.41, 5.74) is 4.97. The molecule has 0 heterocycles. The summed E-state index contributed by atoms with van der Waals surface area (Å²) >= 11 is 5.59. The van der Waals surface area contributed by atoms with Crippen LogP contribution < -0.4 is 10.5 Å². The second-order valence-electron chi connectivity index (χ2n) is 3.70. The van der Waals surface area contributed by atoms with Crippen molar-refractivity contribution in [1.29, 1.82) is 0 Å². The second-order valence-corrected chi connectivity index (χ2v) is 5.87. The van der Waals surface area contributed by atoms with Crippen molar-refractivity contribution >= 4 is 27.3 Å². The van der Waals surface area contributed by atoms with E-state index in [9.17, 15) is 18.5 Å². The van der Waals surface area contributed by atoms with Crippen molar-refractivity contribution in [2.75, 3.05) is 6.54 Å². The molecule has 0 saturated heterocycles. The molecular formula is C9H12ClN3O4S. The number of rotatable bonds is 5. The molecule has 1 unspecified atom stereocenters. The maximum Gasteiger partial charge on any atom is 0.289 e. The highest BCUT2D eigenvalue weighted by Crippen LogP contribution is 2.26. The van der Waals surface area contributed by atoms with Gasteiger partial charge in [0.2, 0.25) is 10.0 Å². The number of halogens is 1. The summed E-state index contributed by atoms with van der Waals surface area (Å²) in [6.45, 7) is 1.67. The highest BCUT2D eigenvalue weighted by Gasteiger charge is 2.20. The fourth-order valence-corrected chi connectivity index (χ4v) is 2.47. The average molecular weight is 294 g/mol. The molecule has 18 heavy (non-hydrogen) atoms. The second kappa shape index (κ2) is 5.61. The van der Waals surface area contributed by atoms with E-state index in [4.69, 9.17) is 17.3 Å². The summed E-state index contributed by atoms with van der Waals surface area (Å²) < 4.78 is 25.8. The van der Waals surface area contributed by atoms with Crippen LogP contribution in [0.5, 0.6) is 0 Å². The molecule has 0 fully saturated rings. The Bertz CT molecular complexity index is 559. The first-order valence-corrected chi connectivity index (χ1v) is 6.79. The molecule has 1 aromatic rings. The highest BCUT2D eigenvalue weighted by molar-refractivity contribution is 7.89. The van der Waals surface area contributed by atoms with Crippen LogP contribution in [0.3, 0.4) is 0 Å². The minimum absolute atomic E-state index is 0.0404. The molecule has 1 aromatic carbocycles. The summed E-state index contributed by atoms with van der Waals surface area (Å²) in [5, 5.41) is 10.5. The number of benzene rings is 1. The van der Waals surface area contributed by atoms with Gasteiger partial charge in [-0.25, -0.2) is 13.1 Å². The van der Waals surface area contributed by atoms with Gasteiger partial charge in [-0.2, -0.15) is 0 Å². The molecule has 0 radical (unpaired) electrons. The van der Waals surface area contributed by atoms with E-state index in [1.807, 2.05) is 0 Å². The van der Waals surface area contributed by atoms with Crippen molar-refractivity contribution < 1.29 is 13.3 Å². The molecule has 9 heteroatoms. The Balaban J connectivity index is 3.10. The first kappa shape index (κ1) is 14.8. The highest BCUT2D eigenvalue weighted by atomic mass is 35.5. The number of hydrogen-bond donors (Lipinski definition) is 2. The van der Waals surface area contributed by atoms with Crippen LogP contribution in [0.1, 0.15) is 6.92 Å². The van der Waals surface area contributed by atoms with Gasteiger partial charge in [0.05, 0.1) is 9.82 Å². The van der Waals surface area contributed by atoms with Crippen molar-refractivity contribution in [3.63, 3.8) is 0 Å². The number of nitro groups is 1. The fraction of sp³-hybridized carbons (Fsp3) is 0.333. The van der Waals surface area contributed by atoms with Gasteiger partial charge in [-0.05, 0) is 19.1 Å². The van der Waals surface area contributed by atoms with Crippen LogP contribution in [0.2, 0.25) is 5.02 Å².